The first-order valence-corrected chi connectivity index (χ1v) is 5.51. The zero-order chi connectivity index (χ0) is 12.4. The Morgan fingerprint density at radius 2 is 2.12 bits per heavy atom. The zero-order valence-electron chi connectivity index (χ0n) is 9.86. The van der Waals surface area contributed by atoms with Crippen LogP contribution in [0.4, 0.5) is 0 Å². The number of cyclic esters (lactones) is 2. The lowest BCUT2D eigenvalue weighted by Crippen LogP contribution is -2.26. The average molecular weight is 234 g/mol. The van der Waals surface area contributed by atoms with Crippen molar-refractivity contribution in [1.82, 2.24) is 0 Å². The van der Waals surface area contributed by atoms with E-state index in [0.29, 0.717) is 12.2 Å². The van der Waals surface area contributed by atoms with Gasteiger partial charge in [0.1, 0.15) is 5.75 Å². The Labute approximate surface area is 99.5 Å². The molecule has 1 aromatic carbocycles. The minimum atomic E-state index is -0.481. The van der Waals surface area contributed by atoms with Gasteiger partial charge in [0.05, 0.1) is 13.0 Å². The number of hydrogen-bond acceptors (Lipinski definition) is 4. The van der Waals surface area contributed by atoms with Crippen LogP contribution < -0.4 is 4.74 Å². The predicted octanol–water partition coefficient (Wildman–Crippen LogP) is 1.95. The molecule has 1 atom stereocenters. The Kier molecular flexibility index (Phi) is 3.13. The van der Waals surface area contributed by atoms with Gasteiger partial charge in [-0.25, -0.2) is 0 Å². The molecule has 1 heterocycles. The van der Waals surface area contributed by atoms with Crippen LogP contribution in [-0.4, -0.2) is 19.0 Å². The van der Waals surface area contributed by atoms with E-state index in [9.17, 15) is 9.59 Å². The monoisotopic (exact) mass is 234 g/mol. The first-order chi connectivity index (χ1) is 8.11. The number of aryl methyl sites for hydroxylation is 1. The van der Waals surface area contributed by atoms with Gasteiger partial charge in [-0.15, -0.1) is 0 Å². The van der Waals surface area contributed by atoms with Crippen LogP contribution in [0.5, 0.6) is 5.75 Å². The Balaban J connectivity index is 2.35. The van der Waals surface area contributed by atoms with E-state index in [2.05, 4.69) is 4.74 Å². The fraction of sp³-hybridized carbons (Fsp3) is 0.385. The molecule has 4 nitrogen and oxygen atoms in total. The molecule has 0 amide bonds. The summed E-state index contributed by atoms with van der Waals surface area (Å²) in [6.07, 6.45) is 0.755. The van der Waals surface area contributed by atoms with Gasteiger partial charge in [0.2, 0.25) is 0 Å². The molecule has 17 heavy (non-hydrogen) atoms. The summed E-state index contributed by atoms with van der Waals surface area (Å²) in [7, 11) is 1.56. The van der Waals surface area contributed by atoms with E-state index >= 15 is 0 Å². The number of esters is 2. The lowest BCUT2D eigenvalue weighted by Gasteiger charge is -2.21. The number of ether oxygens (including phenoxy) is 2. The molecule has 1 aliphatic heterocycles. The lowest BCUT2D eigenvalue weighted by molar-refractivity contribution is -0.164. The molecule has 0 spiro atoms. The summed E-state index contributed by atoms with van der Waals surface area (Å²) < 4.78 is 9.90. The molecule has 4 heteroatoms. The molecule has 1 aromatic rings. The van der Waals surface area contributed by atoms with Gasteiger partial charge in [0.15, 0.2) is 0 Å². The third-order valence-electron chi connectivity index (χ3n) is 2.90. The maximum absolute atomic E-state index is 11.7. The molecule has 1 fully saturated rings. The van der Waals surface area contributed by atoms with Crippen molar-refractivity contribution in [3.05, 3.63) is 29.3 Å². The minimum absolute atomic E-state index is 0.271. The van der Waals surface area contributed by atoms with Crippen molar-refractivity contribution in [2.45, 2.75) is 25.7 Å². The van der Waals surface area contributed by atoms with Crippen molar-refractivity contribution in [3.8, 4) is 5.75 Å². The highest BCUT2D eigenvalue weighted by Crippen LogP contribution is 2.34. The van der Waals surface area contributed by atoms with E-state index in [0.717, 1.165) is 11.1 Å². The SMILES string of the molecule is COc1ccc(C)cc1C1CCC(=O)OC1=O. The summed E-state index contributed by atoms with van der Waals surface area (Å²) in [6, 6.07) is 5.65. The van der Waals surface area contributed by atoms with Gasteiger partial charge < -0.3 is 9.47 Å². The second-order valence-electron chi connectivity index (χ2n) is 4.13. The van der Waals surface area contributed by atoms with E-state index in [4.69, 9.17) is 4.74 Å². The molecule has 0 N–H and O–H groups in total. The third kappa shape index (κ3) is 2.30. The van der Waals surface area contributed by atoms with Crippen LogP contribution in [0.15, 0.2) is 18.2 Å². The molecule has 0 aromatic heterocycles. The molecular weight excluding hydrogens is 220 g/mol. The Hall–Kier alpha value is -1.84. The van der Waals surface area contributed by atoms with Crippen LogP contribution in [0, 0.1) is 6.92 Å². The molecule has 1 unspecified atom stereocenters. The second-order valence-corrected chi connectivity index (χ2v) is 4.13. The largest absolute Gasteiger partial charge is 0.496 e. The highest BCUT2D eigenvalue weighted by molar-refractivity contribution is 5.92. The summed E-state index contributed by atoms with van der Waals surface area (Å²) in [5.41, 5.74) is 1.84. The number of rotatable bonds is 2. The average Bonchev–Trinajstić information content (AvgIpc) is 2.29. The topological polar surface area (TPSA) is 52.6 Å². The molecule has 1 aliphatic rings. The van der Waals surface area contributed by atoms with Gasteiger partial charge in [-0.05, 0) is 19.4 Å². The predicted molar refractivity (Wildman–Crippen MR) is 60.8 cm³/mol. The molecule has 0 radical (unpaired) electrons. The van der Waals surface area contributed by atoms with E-state index < -0.39 is 17.9 Å². The van der Waals surface area contributed by atoms with Crippen molar-refractivity contribution in [2.24, 2.45) is 0 Å². The molecule has 0 saturated carbocycles. The zero-order valence-corrected chi connectivity index (χ0v) is 9.86. The van der Waals surface area contributed by atoms with Gasteiger partial charge in [-0.2, -0.15) is 0 Å². The van der Waals surface area contributed by atoms with Gasteiger partial charge in [0.25, 0.3) is 0 Å². The van der Waals surface area contributed by atoms with Gasteiger partial charge in [-0.3, -0.25) is 9.59 Å². The van der Waals surface area contributed by atoms with Crippen LogP contribution >= 0.6 is 0 Å². The van der Waals surface area contributed by atoms with Crippen molar-refractivity contribution in [1.29, 1.82) is 0 Å². The number of carbonyl (C=O) groups is 2. The summed E-state index contributed by atoms with van der Waals surface area (Å²) in [5, 5.41) is 0. The molecule has 1 saturated heterocycles. The summed E-state index contributed by atoms with van der Waals surface area (Å²) in [6.45, 7) is 1.95. The molecule has 0 aliphatic carbocycles. The van der Waals surface area contributed by atoms with Gasteiger partial charge in [0, 0.05) is 12.0 Å². The fourth-order valence-corrected chi connectivity index (χ4v) is 2.02. The lowest BCUT2D eigenvalue weighted by atomic mass is 9.91. The van der Waals surface area contributed by atoms with E-state index in [1.54, 1.807) is 7.11 Å². The summed E-state index contributed by atoms with van der Waals surface area (Å²) in [4.78, 5) is 22.7. The molecule has 0 bridgehead atoms. The fourth-order valence-electron chi connectivity index (χ4n) is 2.02. The third-order valence-corrected chi connectivity index (χ3v) is 2.90. The normalized spacial score (nSPS) is 20.0. The molecule has 2 rings (SSSR count). The van der Waals surface area contributed by atoms with Gasteiger partial charge in [-0.1, -0.05) is 17.7 Å². The molecular formula is C13H14O4. The van der Waals surface area contributed by atoms with Crippen LogP contribution in [0.3, 0.4) is 0 Å². The number of methoxy groups -OCH3 is 1. The highest BCUT2D eigenvalue weighted by Gasteiger charge is 2.32. The number of carbonyl (C=O) groups excluding carboxylic acids is 2. The summed E-state index contributed by atoms with van der Waals surface area (Å²) >= 11 is 0. The molecule has 90 valence electrons. The van der Waals surface area contributed by atoms with E-state index in [1.165, 1.54) is 0 Å². The maximum Gasteiger partial charge on any atom is 0.321 e. The Bertz CT molecular complexity index is 464. The first kappa shape index (κ1) is 11.6. The van der Waals surface area contributed by atoms with Crippen molar-refractivity contribution >= 4 is 11.9 Å². The summed E-state index contributed by atoms with van der Waals surface area (Å²) in [5.74, 6) is -0.669. The van der Waals surface area contributed by atoms with Crippen LogP contribution in [0.25, 0.3) is 0 Å². The second kappa shape index (κ2) is 4.57. The van der Waals surface area contributed by atoms with Crippen LogP contribution in [-0.2, 0) is 14.3 Å². The minimum Gasteiger partial charge on any atom is -0.496 e. The van der Waals surface area contributed by atoms with Gasteiger partial charge >= 0.3 is 11.9 Å². The highest BCUT2D eigenvalue weighted by atomic mass is 16.6. The van der Waals surface area contributed by atoms with E-state index in [1.807, 2.05) is 25.1 Å². The standard InChI is InChI=1S/C13H14O4/c1-8-3-5-11(16-2)10(7-8)9-4-6-12(14)17-13(9)15/h3,5,7,9H,4,6H2,1-2H3. The van der Waals surface area contributed by atoms with Crippen molar-refractivity contribution < 1.29 is 19.1 Å². The van der Waals surface area contributed by atoms with Crippen molar-refractivity contribution in [2.75, 3.05) is 7.11 Å². The Morgan fingerprint density at radius 1 is 1.35 bits per heavy atom. The van der Waals surface area contributed by atoms with Crippen LogP contribution in [0.2, 0.25) is 0 Å². The first-order valence-electron chi connectivity index (χ1n) is 5.51. The smallest absolute Gasteiger partial charge is 0.321 e. The Morgan fingerprint density at radius 3 is 2.76 bits per heavy atom. The van der Waals surface area contributed by atoms with E-state index in [-0.39, 0.29) is 6.42 Å². The van der Waals surface area contributed by atoms with Crippen molar-refractivity contribution in [3.63, 3.8) is 0 Å². The number of hydrogen-bond donors (Lipinski definition) is 0. The van der Waals surface area contributed by atoms with Crippen LogP contribution in [0.1, 0.15) is 29.9 Å². The maximum atomic E-state index is 11.7. The number of benzene rings is 1. The quantitative estimate of drug-likeness (QED) is 0.579.